The number of benzene rings is 3. The van der Waals surface area contributed by atoms with E-state index in [-0.39, 0.29) is 17.2 Å². The fraction of sp³-hybridized carbons (Fsp3) is 0.182. The number of anilines is 1. The molecule has 0 radical (unpaired) electrons. The lowest BCUT2D eigenvalue weighted by Crippen LogP contribution is -2.30. The monoisotopic (exact) mass is 431 g/mol. The molecule has 0 aliphatic carbocycles. The number of halogens is 2. The first-order valence-corrected chi connectivity index (χ1v) is 10.1. The zero-order valence-corrected chi connectivity index (χ0v) is 16.8. The van der Waals surface area contributed by atoms with Crippen LogP contribution < -0.4 is 10.1 Å². The third-order valence-corrected chi connectivity index (χ3v) is 5.08. The molecule has 0 aliphatic heterocycles. The Morgan fingerprint density at radius 2 is 1.70 bits per heavy atom. The van der Waals surface area contributed by atoms with E-state index in [9.17, 15) is 18.4 Å². The molecule has 1 N–H and O–H groups in total. The van der Waals surface area contributed by atoms with Gasteiger partial charge in [0.05, 0.1) is 11.4 Å². The maximum absolute atomic E-state index is 12.5. The topological polar surface area (TPSA) is 64.6 Å². The van der Waals surface area contributed by atoms with Crippen molar-refractivity contribution < 1.29 is 27.8 Å². The quantitative estimate of drug-likeness (QED) is 0.397. The van der Waals surface area contributed by atoms with E-state index in [4.69, 9.17) is 4.74 Å². The molecule has 3 rings (SSSR count). The molecule has 3 aromatic carbocycles. The fourth-order valence-corrected chi connectivity index (χ4v) is 3.41. The smallest absolute Gasteiger partial charge is 0.387 e. The van der Waals surface area contributed by atoms with Crippen molar-refractivity contribution in [2.45, 2.75) is 24.5 Å². The van der Waals surface area contributed by atoms with Gasteiger partial charge in [0, 0.05) is 4.90 Å². The van der Waals surface area contributed by atoms with Gasteiger partial charge in [-0.3, -0.25) is 9.59 Å². The van der Waals surface area contributed by atoms with E-state index in [1.807, 2.05) is 42.5 Å². The first-order chi connectivity index (χ1) is 14.4. The third kappa shape index (κ3) is 5.93. The van der Waals surface area contributed by atoms with Gasteiger partial charge in [0.1, 0.15) is 5.75 Å². The maximum atomic E-state index is 12.5. The minimum atomic E-state index is -3.02. The third-order valence-electron chi connectivity index (χ3n) is 4.12. The molecule has 0 saturated heterocycles. The maximum Gasteiger partial charge on any atom is 0.387 e. The Hall–Kier alpha value is -3.13. The number of fused-ring (bicyclic) bond motifs is 1. The van der Waals surface area contributed by atoms with Gasteiger partial charge in [0.15, 0.2) is 6.10 Å². The molecule has 0 spiro atoms. The number of esters is 1. The van der Waals surface area contributed by atoms with Crippen molar-refractivity contribution in [3.8, 4) is 5.75 Å². The molecule has 0 bridgehead atoms. The number of carbonyl (C=O) groups is 2. The number of carbonyl (C=O) groups excluding carboxylic acids is 2. The molecule has 1 unspecified atom stereocenters. The highest BCUT2D eigenvalue weighted by molar-refractivity contribution is 8.00. The largest absolute Gasteiger partial charge is 0.452 e. The van der Waals surface area contributed by atoms with Crippen LogP contribution in [0.2, 0.25) is 0 Å². The van der Waals surface area contributed by atoms with Crippen molar-refractivity contribution in [1.29, 1.82) is 0 Å². The number of hydrogen-bond donors (Lipinski definition) is 1. The molecule has 1 atom stereocenters. The molecule has 0 saturated carbocycles. The summed E-state index contributed by atoms with van der Waals surface area (Å²) in [6.07, 6.45) is -1.10. The second-order valence-corrected chi connectivity index (χ2v) is 7.34. The lowest BCUT2D eigenvalue weighted by molar-refractivity contribution is -0.150. The summed E-state index contributed by atoms with van der Waals surface area (Å²) in [5.41, 5.74) is 0.0660. The lowest BCUT2D eigenvalue weighted by atomic mass is 10.1. The second kappa shape index (κ2) is 10.1. The lowest BCUT2D eigenvalue weighted by Gasteiger charge is -2.15. The van der Waals surface area contributed by atoms with Crippen molar-refractivity contribution in [3.63, 3.8) is 0 Å². The number of amides is 1. The number of rotatable bonds is 8. The van der Waals surface area contributed by atoms with E-state index in [0.717, 1.165) is 15.7 Å². The highest BCUT2D eigenvalue weighted by atomic mass is 32.2. The Morgan fingerprint density at radius 1 is 1.00 bits per heavy atom. The van der Waals surface area contributed by atoms with Crippen LogP contribution >= 0.6 is 11.8 Å². The second-order valence-electron chi connectivity index (χ2n) is 6.29. The molecular formula is C22H19F2NO4S. The van der Waals surface area contributed by atoms with E-state index in [1.165, 1.54) is 36.9 Å². The van der Waals surface area contributed by atoms with Crippen LogP contribution in [-0.2, 0) is 14.3 Å². The molecule has 0 aliphatic rings. The first-order valence-electron chi connectivity index (χ1n) is 9.08. The minimum Gasteiger partial charge on any atom is -0.452 e. The summed E-state index contributed by atoms with van der Waals surface area (Å²) in [7, 11) is 0. The van der Waals surface area contributed by atoms with Crippen molar-refractivity contribution in [2.24, 2.45) is 0 Å². The van der Waals surface area contributed by atoms with Crippen molar-refractivity contribution >= 4 is 40.1 Å². The van der Waals surface area contributed by atoms with Crippen LogP contribution in [0.4, 0.5) is 14.5 Å². The SMILES string of the molecule is CC(OC(=O)CSc1ccc2ccccc2c1)C(=O)Nc1ccccc1OC(F)F. The summed E-state index contributed by atoms with van der Waals surface area (Å²) in [5.74, 6) is -1.36. The number of hydrogen-bond acceptors (Lipinski definition) is 5. The summed E-state index contributed by atoms with van der Waals surface area (Å²) in [5, 5.41) is 4.60. The Labute approximate surface area is 176 Å². The summed E-state index contributed by atoms with van der Waals surface area (Å²) >= 11 is 1.30. The summed E-state index contributed by atoms with van der Waals surface area (Å²) in [4.78, 5) is 25.3. The molecule has 0 fully saturated rings. The molecule has 1 amide bonds. The van der Waals surface area contributed by atoms with Gasteiger partial charge in [-0.05, 0) is 42.0 Å². The Morgan fingerprint density at radius 3 is 2.47 bits per heavy atom. The van der Waals surface area contributed by atoms with E-state index in [1.54, 1.807) is 6.07 Å². The number of ether oxygens (including phenoxy) is 2. The van der Waals surface area contributed by atoms with Gasteiger partial charge in [-0.15, -0.1) is 11.8 Å². The average molecular weight is 431 g/mol. The van der Waals surface area contributed by atoms with Crippen molar-refractivity contribution in [2.75, 3.05) is 11.1 Å². The predicted octanol–water partition coefficient (Wildman–Crippen LogP) is 5.10. The number of alkyl halides is 2. The summed E-state index contributed by atoms with van der Waals surface area (Å²) < 4.78 is 34.5. The zero-order chi connectivity index (χ0) is 21.5. The van der Waals surface area contributed by atoms with E-state index < -0.39 is 24.6 Å². The van der Waals surface area contributed by atoms with Gasteiger partial charge in [-0.1, -0.05) is 42.5 Å². The average Bonchev–Trinajstić information content (AvgIpc) is 2.73. The highest BCUT2D eigenvalue weighted by Gasteiger charge is 2.20. The van der Waals surface area contributed by atoms with Crippen LogP contribution in [0.1, 0.15) is 6.92 Å². The van der Waals surface area contributed by atoms with Gasteiger partial charge in [-0.2, -0.15) is 8.78 Å². The molecule has 3 aromatic rings. The number of thioether (sulfide) groups is 1. The first kappa shape index (κ1) is 21.6. The number of para-hydroxylation sites is 2. The zero-order valence-electron chi connectivity index (χ0n) is 16.0. The van der Waals surface area contributed by atoms with Crippen LogP contribution in [0.25, 0.3) is 10.8 Å². The summed E-state index contributed by atoms with van der Waals surface area (Å²) in [6, 6.07) is 19.5. The Kier molecular flexibility index (Phi) is 7.24. The summed E-state index contributed by atoms with van der Waals surface area (Å²) in [6.45, 7) is -1.62. The van der Waals surface area contributed by atoms with Crippen molar-refractivity contribution in [3.05, 3.63) is 66.7 Å². The van der Waals surface area contributed by atoms with Gasteiger partial charge in [0.25, 0.3) is 5.91 Å². The molecule has 30 heavy (non-hydrogen) atoms. The Balaban J connectivity index is 1.53. The van der Waals surface area contributed by atoms with E-state index in [0.29, 0.717) is 0 Å². The van der Waals surface area contributed by atoms with Crippen LogP contribution in [0.5, 0.6) is 5.75 Å². The van der Waals surface area contributed by atoms with Crippen molar-refractivity contribution in [1.82, 2.24) is 0 Å². The minimum absolute atomic E-state index is 0.0288. The van der Waals surface area contributed by atoms with Gasteiger partial charge < -0.3 is 14.8 Å². The number of nitrogens with one attached hydrogen (secondary N) is 1. The van der Waals surface area contributed by atoms with Crippen LogP contribution in [0.15, 0.2) is 71.6 Å². The van der Waals surface area contributed by atoms with Crippen LogP contribution in [0.3, 0.4) is 0 Å². The van der Waals surface area contributed by atoms with Gasteiger partial charge >= 0.3 is 12.6 Å². The molecule has 156 valence electrons. The molecule has 8 heteroatoms. The molecule has 0 heterocycles. The fourth-order valence-electron chi connectivity index (χ4n) is 2.69. The van der Waals surface area contributed by atoms with E-state index in [2.05, 4.69) is 10.1 Å². The standard InChI is InChI=1S/C22H19F2NO4S/c1-14(21(27)25-18-8-4-5-9-19(18)29-22(23)24)28-20(26)13-30-17-11-10-15-6-2-3-7-16(15)12-17/h2-12,14,22H,13H2,1H3,(H,25,27). The van der Waals surface area contributed by atoms with Gasteiger partial charge in [-0.25, -0.2) is 0 Å². The van der Waals surface area contributed by atoms with Crippen LogP contribution in [-0.4, -0.2) is 30.3 Å². The molecular weight excluding hydrogens is 412 g/mol. The molecule has 5 nitrogen and oxygen atoms in total. The highest BCUT2D eigenvalue weighted by Crippen LogP contribution is 2.26. The Bertz CT molecular complexity index is 1040. The van der Waals surface area contributed by atoms with Crippen LogP contribution in [0, 0.1) is 0 Å². The molecule has 0 aromatic heterocycles. The normalized spacial score (nSPS) is 11.9. The predicted molar refractivity (Wildman–Crippen MR) is 112 cm³/mol. The van der Waals surface area contributed by atoms with E-state index >= 15 is 0 Å². The van der Waals surface area contributed by atoms with Gasteiger partial charge in [0.2, 0.25) is 0 Å².